The van der Waals surface area contributed by atoms with Gasteiger partial charge in [-0.3, -0.25) is 0 Å². The van der Waals surface area contributed by atoms with Crippen LogP contribution < -0.4 is 9.47 Å². The number of rotatable bonds is 7. The molecule has 0 N–H and O–H groups in total. The first-order valence-corrected chi connectivity index (χ1v) is 10.4. The second-order valence-electron chi connectivity index (χ2n) is 6.21. The summed E-state index contributed by atoms with van der Waals surface area (Å²) in [5.41, 5.74) is 1.17. The average molecular weight is 442 g/mol. The highest BCUT2D eigenvalue weighted by atomic mass is 32.2. The van der Waals surface area contributed by atoms with Crippen molar-refractivity contribution in [1.82, 2.24) is 9.78 Å². The molecule has 9 heteroatoms. The monoisotopic (exact) mass is 442 g/mol. The van der Waals surface area contributed by atoms with Crippen molar-refractivity contribution in [3.8, 4) is 28.4 Å². The van der Waals surface area contributed by atoms with Gasteiger partial charge in [-0.2, -0.15) is 5.10 Å². The molecule has 8 nitrogen and oxygen atoms in total. The summed E-state index contributed by atoms with van der Waals surface area (Å²) in [7, 11) is 5.54. The third-order valence-corrected chi connectivity index (χ3v) is 5.37. The molecule has 0 aliphatic rings. The molecular weight excluding hydrogens is 420 g/mol. The van der Waals surface area contributed by atoms with Crippen molar-refractivity contribution in [3.05, 3.63) is 53.7 Å². The van der Waals surface area contributed by atoms with Crippen molar-refractivity contribution in [3.63, 3.8) is 0 Å². The van der Waals surface area contributed by atoms with Gasteiger partial charge in [-0.1, -0.05) is 18.2 Å². The Hall–Kier alpha value is -3.46. The van der Waals surface area contributed by atoms with Gasteiger partial charge in [0.1, 0.15) is 22.8 Å². The summed E-state index contributed by atoms with van der Waals surface area (Å²) in [6.07, 6.45) is 1.91. The first-order valence-electron chi connectivity index (χ1n) is 9.16. The Bertz CT molecular complexity index is 1110. The van der Waals surface area contributed by atoms with Gasteiger partial charge in [0.05, 0.1) is 39.0 Å². The van der Waals surface area contributed by atoms with E-state index >= 15 is 0 Å². The van der Waals surface area contributed by atoms with E-state index in [-0.39, 0.29) is 17.0 Å². The van der Waals surface area contributed by atoms with Crippen molar-refractivity contribution in [2.24, 2.45) is 0 Å². The fourth-order valence-electron chi connectivity index (χ4n) is 3.16. The number of benzene rings is 2. The van der Waals surface area contributed by atoms with Crippen LogP contribution in [0.2, 0.25) is 0 Å². The molecule has 0 atom stereocenters. The van der Waals surface area contributed by atoms with Crippen molar-refractivity contribution in [1.29, 1.82) is 0 Å². The van der Waals surface area contributed by atoms with Crippen LogP contribution in [0, 0.1) is 0 Å². The maximum atomic E-state index is 12.8. The number of esters is 2. The van der Waals surface area contributed by atoms with Gasteiger partial charge in [0.15, 0.2) is 5.69 Å². The summed E-state index contributed by atoms with van der Waals surface area (Å²) in [6, 6.07) is 12.5. The molecule has 3 aromatic rings. The zero-order valence-electron chi connectivity index (χ0n) is 17.8. The lowest BCUT2D eigenvalue weighted by Crippen LogP contribution is -2.15. The van der Waals surface area contributed by atoms with E-state index in [1.807, 2.05) is 12.3 Å². The number of aromatic nitrogens is 2. The molecule has 2 aromatic carbocycles. The Morgan fingerprint density at radius 1 is 0.903 bits per heavy atom. The van der Waals surface area contributed by atoms with E-state index < -0.39 is 11.9 Å². The largest absolute Gasteiger partial charge is 0.496 e. The van der Waals surface area contributed by atoms with Crippen LogP contribution in [0.5, 0.6) is 11.5 Å². The number of carbonyl (C=O) groups excluding carboxylic acids is 2. The fraction of sp³-hybridized carbons (Fsp3) is 0.227. The highest BCUT2D eigenvalue weighted by Gasteiger charge is 2.32. The van der Waals surface area contributed by atoms with Crippen LogP contribution in [0.3, 0.4) is 0 Å². The average Bonchev–Trinajstić information content (AvgIpc) is 3.23. The first-order chi connectivity index (χ1) is 15.0. The molecule has 0 saturated carbocycles. The molecule has 162 valence electrons. The standard InChI is InChI=1S/C22H22N2O6S/c1-27-15-12-17(31-5)16(28-2)11-14(15)19-18(21(25)29-3)20(22(26)30-4)24(23-19)13-9-7-6-8-10-13/h6-12H,1-5H3. The second kappa shape index (κ2) is 9.57. The predicted molar refractivity (Wildman–Crippen MR) is 117 cm³/mol. The molecule has 0 amide bonds. The number of nitrogens with zero attached hydrogens (tertiary/aromatic N) is 2. The third kappa shape index (κ3) is 4.09. The van der Waals surface area contributed by atoms with Crippen molar-refractivity contribution >= 4 is 23.7 Å². The van der Waals surface area contributed by atoms with E-state index in [1.165, 1.54) is 37.8 Å². The van der Waals surface area contributed by atoms with Crippen molar-refractivity contribution in [2.45, 2.75) is 4.90 Å². The molecule has 0 radical (unpaired) electrons. The summed E-state index contributed by atoms with van der Waals surface area (Å²) in [5.74, 6) is -0.417. The van der Waals surface area contributed by atoms with Gasteiger partial charge in [-0.25, -0.2) is 14.3 Å². The van der Waals surface area contributed by atoms with E-state index in [2.05, 4.69) is 5.10 Å². The Morgan fingerprint density at radius 3 is 2.10 bits per heavy atom. The van der Waals surface area contributed by atoms with E-state index in [4.69, 9.17) is 18.9 Å². The molecule has 0 bridgehead atoms. The SMILES string of the molecule is COC(=O)c1c(-c2cc(OC)c(SC)cc2OC)nn(-c2ccccc2)c1C(=O)OC. The predicted octanol–water partition coefficient (Wildman–Crippen LogP) is 3.85. The van der Waals surface area contributed by atoms with Crippen LogP contribution in [0.25, 0.3) is 16.9 Å². The van der Waals surface area contributed by atoms with E-state index in [9.17, 15) is 9.59 Å². The minimum Gasteiger partial charge on any atom is -0.496 e. The number of carbonyl (C=O) groups is 2. The van der Waals surface area contributed by atoms with E-state index in [0.29, 0.717) is 22.7 Å². The van der Waals surface area contributed by atoms with Gasteiger partial charge in [0.2, 0.25) is 0 Å². The van der Waals surface area contributed by atoms with Crippen LogP contribution in [-0.2, 0) is 9.47 Å². The molecular formula is C22H22N2O6S. The number of thioether (sulfide) groups is 1. The zero-order valence-corrected chi connectivity index (χ0v) is 18.6. The molecule has 0 aliphatic heterocycles. The minimum atomic E-state index is -0.729. The lowest BCUT2D eigenvalue weighted by molar-refractivity contribution is 0.0549. The van der Waals surface area contributed by atoms with Gasteiger partial charge in [0, 0.05) is 5.56 Å². The Morgan fingerprint density at radius 2 is 1.55 bits per heavy atom. The highest BCUT2D eigenvalue weighted by Crippen LogP contribution is 2.41. The quantitative estimate of drug-likeness (QED) is 0.403. The third-order valence-electron chi connectivity index (χ3n) is 4.62. The van der Waals surface area contributed by atoms with Crippen LogP contribution in [0.4, 0.5) is 0 Å². The zero-order chi connectivity index (χ0) is 22.5. The molecule has 3 rings (SSSR count). The fourth-order valence-corrected chi connectivity index (χ4v) is 3.73. The van der Waals surface area contributed by atoms with Crippen LogP contribution >= 0.6 is 11.8 Å². The van der Waals surface area contributed by atoms with E-state index in [0.717, 1.165) is 4.90 Å². The number of hydrogen-bond acceptors (Lipinski definition) is 8. The van der Waals surface area contributed by atoms with Crippen LogP contribution in [-0.4, -0.2) is 56.4 Å². The number of para-hydroxylation sites is 1. The van der Waals surface area contributed by atoms with Gasteiger partial charge in [-0.05, 0) is 30.5 Å². The number of hydrogen-bond donors (Lipinski definition) is 0. The molecule has 31 heavy (non-hydrogen) atoms. The lowest BCUT2D eigenvalue weighted by Gasteiger charge is -2.13. The molecule has 0 spiro atoms. The normalized spacial score (nSPS) is 10.5. The smallest absolute Gasteiger partial charge is 0.357 e. The first kappa shape index (κ1) is 22.2. The van der Waals surface area contributed by atoms with Crippen molar-refractivity contribution < 1.29 is 28.5 Å². The summed E-state index contributed by atoms with van der Waals surface area (Å²) in [5, 5.41) is 4.60. The topological polar surface area (TPSA) is 88.9 Å². The molecule has 0 fully saturated rings. The molecule has 1 aromatic heterocycles. The molecule has 0 aliphatic carbocycles. The van der Waals surface area contributed by atoms with Crippen LogP contribution in [0.15, 0.2) is 47.4 Å². The van der Waals surface area contributed by atoms with Gasteiger partial charge in [0.25, 0.3) is 0 Å². The summed E-state index contributed by atoms with van der Waals surface area (Å²) in [4.78, 5) is 26.4. The Balaban J connectivity index is 2.42. The van der Waals surface area contributed by atoms with Gasteiger partial charge in [-0.15, -0.1) is 11.8 Å². The summed E-state index contributed by atoms with van der Waals surface area (Å²) >= 11 is 1.49. The van der Waals surface area contributed by atoms with Crippen molar-refractivity contribution in [2.75, 3.05) is 34.7 Å². The number of ether oxygens (including phenoxy) is 4. The Kier molecular flexibility index (Phi) is 6.86. The van der Waals surface area contributed by atoms with Gasteiger partial charge < -0.3 is 18.9 Å². The van der Waals surface area contributed by atoms with Gasteiger partial charge >= 0.3 is 11.9 Å². The van der Waals surface area contributed by atoms with E-state index in [1.54, 1.807) is 43.5 Å². The number of methoxy groups -OCH3 is 4. The second-order valence-corrected chi connectivity index (χ2v) is 7.06. The highest BCUT2D eigenvalue weighted by molar-refractivity contribution is 7.98. The lowest BCUT2D eigenvalue weighted by atomic mass is 10.0. The Labute approximate surface area is 184 Å². The summed E-state index contributed by atoms with van der Waals surface area (Å²) in [6.45, 7) is 0. The maximum absolute atomic E-state index is 12.8. The minimum absolute atomic E-state index is 0.0320. The maximum Gasteiger partial charge on any atom is 0.357 e. The molecule has 0 unspecified atom stereocenters. The molecule has 1 heterocycles. The molecule has 0 saturated heterocycles. The van der Waals surface area contributed by atoms with Crippen LogP contribution in [0.1, 0.15) is 20.8 Å². The summed E-state index contributed by atoms with van der Waals surface area (Å²) < 4.78 is 22.4.